The molecule has 0 unspecified atom stereocenters. The van der Waals surface area contributed by atoms with Gasteiger partial charge in [0.2, 0.25) is 5.95 Å². The molecule has 0 spiro atoms. The van der Waals surface area contributed by atoms with Crippen LogP contribution < -0.4 is 0 Å². The summed E-state index contributed by atoms with van der Waals surface area (Å²) in [5.74, 6) is 2.51. The second-order valence-electron chi connectivity index (χ2n) is 15.6. The molecule has 8 aromatic carbocycles. The second-order valence-corrected chi connectivity index (χ2v) is 17.7. The van der Waals surface area contributed by atoms with E-state index in [1.165, 1.54) is 15.5 Å². The van der Waals surface area contributed by atoms with E-state index in [0.717, 1.165) is 91.7 Å². The molecule has 63 heavy (non-hydrogen) atoms. The van der Waals surface area contributed by atoms with Crippen molar-refractivity contribution in [3.63, 3.8) is 0 Å². The predicted octanol–water partition coefficient (Wildman–Crippen LogP) is 14.8. The lowest BCUT2D eigenvalue weighted by Crippen LogP contribution is -2.06. The minimum Gasteiger partial charge on any atom is -0.278 e. The third-order valence-corrected chi connectivity index (χ3v) is 14.3. The molecule has 8 heteroatoms. The Kier molecular flexibility index (Phi) is 8.15. The SMILES string of the molecule is c1ccc(-c2ccc3c4ccccc4n(-c4nc(-c5ccccc5)nc(-c5ccc6c(c5)sc5c(-c7nc(-c8ccccc8)c8sc9ccccc9c8n7)cccc56)n4)c3c2)cc1. The van der Waals surface area contributed by atoms with E-state index in [1.54, 1.807) is 22.7 Å². The minimum atomic E-state index is 0.566. The maximum absolute atomic E-state index is 5.34. The summed E-state index contributed by atoms with van der Waals surface area (Å²) in [4.78, 5) is 26.4. The molecule has 0 radical (unpaired) electrons. The summed E-state index contributed by atoms with van der Waals surface area (Å²) in [5, 5.41) is 5.77. The van der Waals surface area contributed by atoms with Gasteiger partial charge in [-0.2, -0.15) is 9.97 Å². The van der Waals surface area contributed by atoms with Gasteiger partial charge in [0.05, 0.1) is 26.9 Å². The van der Waals surface area contributed by atoms with E-state index in [1.807, 2.05) is 30.3 Å². The maximum atomic E-state index is 5.34. The van der Waals surface area contributed by atoms with Gasteiger partial charge in [0, 0.05) is 63.3 Å². The lowest BCUT2D eigenvalue weighted by atomic mass is 10.0. The zero-order chi connectivity index (χ0) is 41.4. The van der Waals surface area contributed by atoms with Crippen molar-refractivity contribution in [3.8, 4) is 62.5 Å². The van der Waals surface area contributed by atoms with Crippen molar-refractivity contribution in [2.45, 2.75) is 0 Å². The molecule has 13 aromatic rings. The molecular weight excluding hydrogens is 809 g/mol. The summed E-state index contributed by atoms with van der Waals surface area (Å²) in [6.45, 7) is 0. The van der Waals surface area contributed by atoms with Crippen molar-refractivity contribution in [2.24, 2.45) is 0 Å². The number of thiophene rings is 2. The van der Waals surface area contributed by atoms with E-state index >= 15 is 0 Å². The highest BCUT2D eigenvalue weighted by atomic mass is 32.1. The normalized spacial score (nSPS) is 11.8. The van der Waals surface area contributed by atoms with Crippen molar-refractivity contribution in [1.82, 2.24) is 29.5 Å². The Labute approximate surface area is 369 Å². The van der Waals surface area contributed by atoms with Crippen LogP contribution in [0.15, 0.2) is 194 Å². The van der Waals surface area contributed by atoms with Gasteiger partial charge in [0.25, 0.3) is 0 Å². The molecule has 0 aliphatic rings. The fourth-order valence-corrected chi connectivity index (χ4v) is 11.3. The first-order chi connectivity index (χ1) is 31.2. The van der Waals surface area contributed by atoms with Crippen LogP contribution in [-0.4, -0.2) is 29.5 Å². The zero-order valence-electron chi connectivity index (χ0n) is 33.5. The molecule has 5 aromatic heterocycles. The third-order valence-electron chi connectivity index (χ3n) is 11.9. The van der Waals surface area contributed by atoms with Crippen LogP contribution in [0.3, 0.4) is 0 Å². The highest BCUT2D eigenvalue weighted by molar-refractivity contribution is 7.26. The van der Waals surface area contributed by atoms with Crippen molar-refractivity contribution in [2.75, 3.05) is 0 Å². The summed E-state index contributed by atoms with van der Waals surface area (Å²) in [7, 11) is 0. The number of rotatable bonds is 6. The number of hydrogen-bond acceptors (Lipinski definition) is 7. The van der Waals surface area contributed by atoms with Crippen LogP contribution in [0.4, 0.5) is 0 Å². The molecule has 0 N–H and O–H groups in total. The largest absolute Gasteiger partial charge is 0.278 e. The molecule has 5 heterocycles. The number of hydrogen-bond donors (Lipinski definition) is 0. The molecule has 0 aliphatic heterocycles. The molecule has 6 nitrogen and oxygen atoms in total. The molecule has 0 saturated heterocycles. The molecule has 13 rings (SSSR count). The van der Waals surface area contributed by atoms with E-state index in [4.69, 9.17) is 24.9 Å². The Morgan fingerprint density at radius 2 is 0.952 bits per heavy atom. The number of benzene rings is 8. The average Bonchev–Trinajstić information content (AvgIpc) is 4.03. The van der Waals surface area contributed by atoms with Crippen molar-refractivity contribution in [3.05, 3.63) is 194 Å². The molecular formula is C55H32N6S2. The Hall–Kier alpha value is -7.91. The van der Waals surface area contributed by atoms with E-state index in [0.29, 0.717) is 17.6 Å². The van der Waals surface area contributed by atoms with Crippen LogP contribution in [0.2, 0.25) is 0 Å². The molecule has 0 atom stereocenters. The summed E-state index contributed by atoms with van der Waals surface area (Å²) in [5.41, 5.74) is 10.2. The van der Waals surface area contributed by atoms with Gasteiger partial charge in [-0.25, -0.2) is 15.0 Å². The Bertz CT molecular complexity index is 3910. The van der Waals surface area contributed by atoms with Crippen molar-refractivity contribution < 1.29 is 0 Å². The van der Waals surface area contributed by atoms with Gasteiger partial charge in [0.1, 0.15) is 0 Å². The fourth-order valence-electron chi connectivity index (χ4n) is 8.92. The first-order valence-electron chi connectivity index (χ1n) is 20.8. The Morgan fingerprint density at radius 3 is 1.76 bits per heavy atom. The lowest BCUT2D eigenvalue weighted by Gasteiger charge is -2.11. The van der Waals surface area contributed by atoms with Crippen LogP contribution in [0.1, 0.15) is 0 Å². The molecule has 0 bridgehead atoms. The van der Waals surface area contributed by atoms with Crippen LogP contribution in [0, 0.1) is 0 Å². The fraction of sp³-hybridized carbons (Fsp3) is 0. The molecule has 0 aliphatic carbocycles. The quantitative estimate of drug-likeness (QED) is 0.167. The molecule has 0 saturated carbocycles. The van der Waals surface area contributed by atoms with Crippen LogP contribution in [-0.2, 0) is 0 Å². The number of aromatic nitrogens is 6. The first-order valence-corrected chi connectivity index (χ1v) is 22.5. The average molecular weight is 841 g/mol. The predicted molar refractivity (Wildman–Crippen MR) is 263 cm³/mol. The zero-order valence-corrected chi connectivity index (χ0v) is 35.1. The maximum Gasteiger partial charge on any atom is 0.238 e. The van der Waals surface area contributed by atoms with E-state index in [2.05, 4.69) is 168 Å². The summed E-state index contributed by atoms with van der Waals surface area (Å²) >= 11 is 3.51. The van der Waals surface area contributed by atoms with Crippen molar-refractivity contribution >= 4 is 85.0 Å². The van der Waals surface area contributed by atoms with Gasteiger partial charge >= 0.3 is 0 Å². The van der Waals surface area contributed by atoms with Gasteiger partial charge < -0.3 is 0 Å². The molecule has 0 amide bonds. The first kappa shape index (κ1) is 35.8. The smallest absolute Gasteiger partial charge is 0.238 e. The third kappa shape index (κ3) is 5.87. The van der Waals surface area contributed by atoms with Crippen LogP contribution in [0.5, 0.6) is 0 Å². The Morgan fingerprint density at radius 1 is 0.333 bits per heavy atom. The number of fused-ring (bicyclic) bond motifs is 9. The number of nitrogens with zero attached hydrogens (tertiary/aromatic N) is 6. The van der Waals surface area contributed by atoms with Gasteiger partial charge in [-0.15, -0.1) is 22.7 Å². The van der Waals surface area contributed by atoms with Gasteiger partial charge in [0.15, 0.2) is 17.5 Å². The monoisotopic (exact) mass is 840 g/mol. The van der Waals surface area contributed by atoms with Gasteiger partial charge in [-0.1, -0.05) is 164 Å². The van der Waals surface area contributed by atoms with E-state index < -0.39 is 0 Å². The highest BCUT2D eigenvalue weighted by Crippen LogP contribution is 2.44. The van der Waals surface area contributed by atoms with Crippen LogP contribution >= 0.6 is 22.7 Å². The summed E-state index contributed by atoms with van der Waals surface area (Å²) < 4.78 is 6.77. The van der Waals surface area contributed by atoms with Gasteiger partial charge in [-0.3, -0.25) is 4.57 Å². The number of para-hydroxylation sites is 1. The van der Waals surface area contributed by atoms with E-state index in [9.17, 15) is 0 Å². The van der Waals surface area contributed by atoms with Crippen LogP contribution in [0.25, 0.3) is 125 Å². The van der Waals surface area contributed by atoms with E-state index in [-0.39, 0.29) is 0 Å². The topological polar surface area (TPSA) is 69.4 Å². The highest BCUT2D eigenvalue weighted by Gasteiger charge is 2.21. The molecule has 294 valence electrons. The van der Waals surface area contributed by atoms with Crippen molar-refractivity contribution in [1.29, 1.82) is 0 Å². The summed E-state index contributed by atoms with van der Waals surface area (Å²) in [6, 6.07) is 67.9. The molecule has 0 fully saturated rings. The minimum absolute atomic E-state index is 0.566. The van der Waals surface area contributed by atoms with Gasteiger partial charge in [-0.05, 0) is 41.5 Å². The summed E-state index contributed by atoms with van der Waals surface area (Å²) in [6.07, 6.45) is 0. The lowest BCUT2D eigenvalue weighted by molar-refractivity contribution is 0.954. The standard InChI is InChI=1S/C55H32N6S2/c1-4-15-33(16-5-1)36-27-29-39-38-21-10-12-25-44(38)61(45(39)31-36)55-59-52(35-19-8-3-9-20-35)58-53(60-55)37-28-30-40-41-23-14-24-43(50(41)63-47(40)32-37)54-56-48(34-17-6-2-7-18-34)51-49(57-54)42-22-11-13-26-46(42)62-51/h1-32H. The second kappa shape index (κ2) is 14.3. The Balaban J connectivity index is 1.00.